The summed E-state index contributed by atoms with van der Waals surface area (Å²) in [5.41, 5.74) is 9.99. The normalized spacial score (nSPS) is 13.9. The monoisotopic (exact) mass is 361 g/mol. The third-order valence-electron chi connectivity index (χ3n) is 3.03. The van der Waals surface area contributed by atoms with Gasteiger partial charge in [0.2, 0.25) is 29.5 Å². The van der Waals surface area contributed by atoms with E-state index in [-0.39, 0.29) is 12.8 Å². The Morgan fingerprint density at radius 1 is 0.840 bits per heavy atom. The summed E-state index contributed by atoms with van der Waals surface area (Å²) in [6.45, 7) is -0.356. The largest absolute Gasteiger partial charge is 0.394 e. The summed E-state index contributed by atoms with van der Waals surface area (Å²) in [7, 11) is 0. The lowest BCUT2D eigenvalue weighted by Gasteiger charge is -2.23. The molecule has 0 bridgehead atoms. The molecule has 5 amide bonds. The summed E-state index contributed by atoms with van der Waals surface area (Å²) in [5, 5.41) is 24.6. The molecule has 0 aromatic heterocycles. The second kappa shape index (κ2) is 10.9. The number of hydrogen-bond acceptors (Lipinski definition) is 7. The third kappa shape index (κ3) is 8.62. The predicted octanol–water partition coefficient (Wildman–Crippen LogP) is -4.80. The number of amides is 5. The van der Waals surface area contributed by atoms with Crippen LogP contribution in [-0.4, -0.2) is 71.1 Å². The highest BCUT2D eigenvalue weighted by atomic mass is 16.3. The summed E-state index contributed by atoms with van der Waals surface area (Å²) in [6.07, 6.45) is -0.468. The number of primary amides is 2. The maximum Gasteiger partial charge on any atom is 0.245 e. The molecule has 0 aromatic rings. The average molecular weight is 361 g/mol. The smallest absolute Gasteiger partial charge is 0.245 e. The van der Waals surface area contributed by atoms with E-state index in [2.05, 4.69) is 16.0 Å². The van der Waals surface area contributed by atoms with Gasteiger partial charge in [0.15, 0.2) is 0 Å². The fourth-order valence-corrected chi connectivity index (χ4v) is 1.75. The Bertz CT molecular complexity index is 525. The third-order valence-corrected chi connectivity index (χ3v) is 3.03. The molecule has 0 rings (SSSR count). The van der Waals surface area contributed by atoms with Crippen LogP contribution in [-0.2, 0) is 24.0 Å². The lowest BCUT2D eigenvalue weighted by molar-refractivity contribution is -0.134. The summed E-state index contributed by atoms with van der Waals surface area (Å²) in [4.78, 5) is 57.1. The van der Waals surface area contributed by atoms with Gasteiger partial charge < -0.3 is 37.6 Å². The molecule has 0 aromatic carbocycles. The van der Waals surface area contributed by atoms with Crippen molar-refractivity contribution < 1.29 is 34.2 Å². The lowest BCUT2D eigenvalue weighted by atomic mass is 10.1. The Balaban J connectivity index is 5.10. The van der Waals surface area contributed by atoms with Gasteiger partial charge in [-0.2, -0.15) is 0 Å². The molecule has 9 N–H and O–H groups in total. The molecular weight excluding hydrogens is 338 g/mol. The highest BCUT2D eigenvalue weighted by Crippen LogP contribution is 2.00. The first-order valence-corrected chi connectivity index (χ1v) is 7.29. The van der Waals surface area contributed by atoms with Crippen molar-refractivity contribution in [3.63, 3.8) is 0 Å². The zero-order valence-corrected chi connectivity index (χ0v) is 13.7. The molecule has 0 radical (unpaired) electrons. The summed E-state index contributed by atoms with van der Waals surface area (Å²) in [5.74, 6) is -4.10. The van der Waals surface area contributed by atoms with Crippen molar-refractivity contribution in [3.8, 4) is 0 Å². The molecule has 0 aliphatic rings. The number of nitrogens with one attached hydrogen (secondary N) is 3. The van der Waals surface area contributed by atoms with Crippen LogP contribution in [0.2, 0.25) is 0 Å². The molecule has 0 saturated carbocycles. The van der Waals surface area contributed by atoms with Gasteiger partial charge in [-0.1, -0.05) is 0 Å². The van der Waals surface area contributed by atoms with Crippen molar-refractivity contribution in [2.45, 2.75) is 37.9 Å². The van der Waals surface area contributed by atoms with Gasteiger partial charge >= 0.3 is 0 Å². The Morgan fingerprint density at radius 3 is 1.72 bits per heavy atom. The van der Waals surface area contributed by atoms with E-state index >= 15 is 0 Å². The Morgan fingerprint density at radius 2 is 1.32 bits per heavy atom. The molecule has 12 heteroatoms. The summed E-state index contributed by atoms with van der Waals surface area (Å²) < 4.78 is 0. The van der Waals surface area contributed by atoms with E-state index < -0.39 is 60.9 Å². The molecule has 0 aliphatic carbocycles. The minimum atomic E-state index is -1.38. The van der Waals surface area contributed by atoms with Crippen molar-refractivity contribution in [3.05, 3.63) is 0 Å². The topological polar surface area (TPSA) is 214 Å². The van der Waals surface area contributed by atoms with E-state index in [0.29, 0.717) is 0 Å². The number of hydrogen-bond donors (Lipinski definition) is 7. The molecule has 0 heterocycles. The molecule has 0 fully saturated rings. The van der Waals surface area contributed by atoms with Gasteiger partial charge in [-0.3, -0.25) is 24.0 Å². The number of carbonyl (C=O) groups is 5. The maximum atomic E-state index is 12.2. The summed E-state index contributed by atoms with van der Waals surface area (Å²) >= 11 is 0. The highest BCUT2D eigenvalue weighted by Gasteiger charge is 2.28. The molecule has 0 saturated heterocycles. The van der Waals surface area contributed by atoms with Gasteiger partial charge in [-0.15, -0.1) is 0 Å². The first-order chi connectivity index (χ1) is 11.6. The number of nitrogens with two attached hydrogens (primary N) is 2. The van der Waals surface area contributed by atoms with Gasteiger partial charge in [-0.25, -0.2) is 0 Å². The first-order valence-electron chi connectivity index (χ1n) is 7.29. The van der Waals surface area contributed by atoms with Gasteiger partial charge in [0, 0.05) is 13.3 Å². The standard InChI is InChI=1S/C13H23N5O7/c1-6(21)16-9(5-20)13(25)17-7(2-3-10(14)22)12(24)18-8(4-19)11(15)23/h7-9,19-20H,2-5H2,1H3,(H2,14,22)(H2,15,23)(H,16,21)(H,17,25)(H,18,24)/t7-,8-,9-/m0/s1. The van der Waals surface area contributed by atoms with Crippen LogP contribution in [0.5, 0.6) is 0 Å². The van der Waals surface area contributed by atoms with Gasteiger partial charge in [-0.05, 0) is 6.42 Å². The molecule has 25 heavy (non-hydrogen) atoms. The molecule has 12 nitrogen and oxygen atoms in total. The second-order valence-corrected chi connectivity index (χ2v) is 5.15. The second-order valence-electron chi connectivity index (χ2n) is 5.15. The zero-order valence-electron chi connectivity index (χ0n) is 13.7. The van der Waals surface area contributed by atoms with Crippen molar-refractivity contribution in [2.75, 3.05) is 13.2 Å². The Hall–Kier alpha value is -2.73. The van der Waals surface area contributed by atoms with Crippen LogP contribution in [0.3, 0.4) is 0 Å². The Labute approximate surface area is 143 Å². The van der Waals surface area contributed by atoms with Crippen LogP contribution in [0.1, 0.15) is 19.8 Å². The van der Waals surface area contributed by atoms with E-state index in [1.807, 2.05) is 0 Å². The van der Waals surface area contributed by atoms with Crippen LogP contribution in [0.25, 0.3) is 0 Å². The quantitative estimate of drug-likeness (QED) is 0.190. The average Bonchev–Trinajstić information content (AvgIpc) is 2.52. The minimum Gasteiger partial charge on any atom is -0.394 e. The molecule has 3 atom stereocenters. The highest BCUT2D eigenvalue weighted by molar-refractivity contribution is 5.94. The van der Waals surface area contributed by atoms with E-state index in [9.17, 15) is 24.0 Å². The Kier molecular flexibility index (Phi) is 9.74. The van der Waals surface area contributed by atoms with E-state index in [0.717, 1.165) is 6.92 Å². The van der Waals surface area contributed by atoms with Crippen molar-refractivity contribution in [1.82, 2.24) is 16.0 Å². The fraction of sp³-hybridized carbons (Fsp3) is 0.615. The van der Waals surface area contributed by atoms with Crippen LogP contribution in [0.15, 0.2) is 0 Å². The number of carbonyl (C=O) groups excluding carboxylic acids is 5. The lowest BCUT2D eigenvalue weighted by Crippen LogP contribution is -2.57. The summed E-state index contributed by atoms with van der Waals surface area (Å²) in [6, 6.07) is -4.01. The predicted molar refractivity (Wildman–Crippen MR) is 83.3 cm³/mol. The van der Waals surface area contributed by atoms with Gasteiger partial charge in [0.1, 0.15) is 18.1 Å². The number of aliphatic hydroxyl groups excluding tert-OH is 2. The maximum absolute atomic E-state index is 12.2. The van der Waals surface area contributed by atoms with E-state index in [1.165, 1.54) is 0 Å². The van der Waals surface area contributed by atoms with Crippen LogP contribution < -0.4 is 27.4 Å². The molecular formula is C13H23N5O7. The van der Waals surface area contributed by atoms with Crippen molar-refractivity contribution >= 4 is 29.5 Å². The van der Waals surface area contributed by atoms with E-state index in [4.69, 9.17) is 21.7 Å². The first kappa shape index (κ1) is 22.3. The van der Waals surface area contributed by atoms with Crippen LogP contribution in [0.4, 0.5) is 0 Å². The SMILES string of the molecule is CC(=O)N[C@@H](CO)C(=O)N[C@@H](CCC(N)=O)C(=O)N[C@@H](CO)C(N)=O. The fourth-order valence-electron chi connectivity index (χ4n) is 1.75. The molecule has 142 valence electrons. The molecule has 0 unspecified atom stereocenters. The molecule has 0 spiro atoms. The van der Waals surface area contributed by atoms with E-state index in [1.54, 1.807) is 0 Å². The van der Waals surface area contributed by atoms with Gasteiger partial charge in [0.05, 0.1) is 13.2 Å². The zero-order chi connectivity index (χ0) is 19.6. The minimum absolute atomic E-state index is 0.206. The van der Waals surface area contributed by atoms with Crippen LogP contribution >= 0.6 is 0 Å². The van der Waals surface area contributed by atoms with Crippen molar-refractivity contribution in [2.24, 2.45) is 11.5 Å². The number of rotatable bonds is 11. The van der Waals surface area contributed by atoms with Crippen LogP contribution in [0, 0.1) is 0 Å². The van der Waals surface area contributed by atoms with Gasteiger partial charge in [0.25, 0.3) is 0 Å². The number of aliphatic hydroxyl groups is 2. The van der Waals surface area contributed by atoms with Crippen molar-refractivity contribution in [1.29, 1.82) is 0 Å². The molecule has 0 aliphatic heterocycles.